The largest absolute Gasteiger partial charge is 0.385 e. The van der Waals surface area contributed by atoms with Gasteiger partial charge in [0.25, 0.3) is 0 Å². The van der Waals surface area contributed by atoms with Crippen LogP contribution in [0.3, 0.4) is 0 Å². The van der Waals surface area contributed by atoms with Crippen LogP contribution >= 0.6 is 0 Å². The molecule has 0 unspecified atom stereocenters. The summed E-state index contributed by atoms with van der Waals surface area (Å²) < 4.78 is 26.3. The van der Waals surface area contributed by atoms with Crippen LogP contribution in [0.5, 0.6) is 0 Å². The molecule has 144 valence electrons. The van der Waals surface area contributed by atoms with Gasteiger partial charge in [0.1, 0.15) is 11.6 Å². The van der Waals surface area contributed by atoms with E-state index in [0.717, 1.165) is 35.5 Å². The first-order valence-electron chi connectivity index (χ1n) is 9.43. The topological polar surface area (TPSA) is 36.4 Å². The van der Waals surface area contributed by atoms with E-state index in [9.17, 15) is 13.9 Å². The predicted molar refractivity (Wildman–Crippen MR) is 104 cm³/mol. The van der Waals surface area contributed by atoms with E-state index in [0.29, 0.717) is 19.4 Å². The molecule has 0 radical (unpaired) electrons. The Morgan fingerprint density at radius 2 is 1.46 bits per heavy atom. The Labute approximate surface area is 163 Å². The summed E-state index contributed by atoms with van der Waals surface area (Å²) in [7, 11) is 0. The first-order chi connectivity index (χ1) is 13.5. The van der Waals surface area contributed by atoms with Gasteiger partial charge in [-0.3, -0.25) is 9.88 Å². The Hall–Kier alpha value is -2.63. The minimum absolute atomic E-state index is 0.250. The minimum Gasteiger partial charge on any atom is -0.385 e. The van der Waals surface area contributed by atoms with Crippen molar-refractivity contribution in [3.8, 4) is 11.1 Å². The van der Waals surface area contributed by atoms with Crippen molar-refractivity contribution in [2.24, 2.45) is 0 Å². The summed E-state index contributed by atoms with van der Waals surface area (Å²) in [6.45, 7) is 2.15. The maximum atomic E-state index is 13.1. The summed E-state index contributed by atoms with van der Waals surface area (Å²) in [6, 6.07) is 16.5. The van der Waals surface area contributed by atoms with Gasteiger partial charge in [-0.05, 0) is 65.9 Å². The van der Waals surface area contributed by atoms with Gasteiger partial charge < -0.3 is 5.11 Å². The molecule has 0 bridgehead atoms. The molecule has 0 atom stereocenters. The van der Waals surface area contributed by atoms with Crippen LogP contribution in [0.15, 0.2) is 66.9 Å². The summed E-state index contributed by atoms with van der Waals surface area (Å²) >= 11 is 0. The minimum atomic E-state index is -0.909. The fraction of sp³-hybridized carbons (Fsp3) is 0.261. The highest BCUT2D eigenvalue weighted by molar-refractivity contribution is 5.63. The Kier molecular flexibility index (Phi) is 5.20. The SMILES string of the molecule is OC1(c2ccc(F)cc2)CCN(Cc2cc(-c3ccc(F)cc3)ccn2)CC1. The lowest BCUT2D eigenvalue weighted by Gasteiger charge is -2.38. The first kappa shape index (κ1) is 18.7. The zero-order chi connectivity index (χ0) is 19.6. The third-order valence-electron chi connectivity index (χ3n) is 5.44. The number of aliphatic hydroxyl groups is 1. The monoisotopic (exact) mass is 380 g/mol. The van der Waals surface area contributed by atoms with Gasteiger partial charge in [0.2, 0.25) is 0 Å². The molecule has 0 spiro atoms. The zero-order valence-corrected chi connectivity index (χ0v) is 15.5. The third-order valence-corrected chi connectivity index (χ3v) is 5.44. The lowest BCUT2D eigenvalue weighted by atomic mass is 9.84. The molecule has 2 aromatic carbocycles. The lowest BCUT2D eigenvalue weighted by Crippen LogP contribution is -2.42. The van der Waals surface area contributed by atoms with E-state index >= 15 is 0 Å². The molecule has 1 aromatic heterocycles. The normalized spacial score (nSPS) is 16.8. The summed E-state index contributed by atoms with van der Waals surface area (Å²) in [5, 5.41) is 10.9. The molecule has 2 heterocycles. The van der Waals surface area contributed by atoms with Gasteiger partial charge in [-0.15, -0.1) is 0 Å². The Morgan fingerprint density at radius 1 is 0.857 bits per heavy atom. The first-order valence-corrected chi connectivity index (χ1v) is 9.43. The van der Waals surface area contributed by atoms with Crippen molar-refractivity contribution in [1.29, 1.82) is 0 Å². The average molecular weight is 380 g/mol. The van der Waals surface area contributed by atoms with Gasteiger partial charge in [-0.1, -0.05) is 24.3 Å². The van der Waals surface area contributed by atoms with E-state index in [4.69, 9.17) is 0 Å². The summed E-state index contributed by atoms with van der Waals surface area (Å²) in [6.07, 6.45) is 2.96. The van der Waals surface area contributed by atoms with Crippen molar-refractivity contribution in [3.63, 3.8) is 0 Å². The standard InChI is InChI=1S/C23H22F2N2O/c24-20-5-1-17(2-6-20)18-9-12-26-22(15-18)16-27-13-10-23(28,11-14-27)19-3-7-21(25)8-4-19/h1-9,12,15,28H,10-11,13-14,16H2. The number of piperidine rings is 1. The molecule has 1 fully saturated rings. The number of hydrogen-bond donors (Lipinski definition) is 1. The van der Waals surface area contributed by atoms with Crippen LogP contribution in [0.4, 0.5) is 8.78 Å². The lowest BCUT2D eigenvalue weighted by molar-refractivity contribution is -0.0280. The van der Waals surface area contributed by atoms with Crippen LogP contribution in [0.1, 0.15) is 24.1 Å². The van der Waals surface area contributed by atoms with Gasteiger partial charge in [0, 0.05) is 25.8 Å². The third kappa shape index (κ3) is 4.11. The summed E-state index contributed by atoms with van der Waals surface area (Å²) in [5.41, 5.74) is 2.76. The summed E-state index contributed by atoms with van der Waals surface area (Å²) in [4.78, 5) is 6.72. The van der Waals surface area contributed by atoms with Gasteiger partial charge >= 0.3 is 0 Å². The van der Waals surface area contributed by atoms with Crippen LogP contribution < -0.4 is 0 Å². The second-order valence-corrected chi connectivity index (χ2v) is 7.36. The molecule has 1 aliphatic heterocycles. The molecule has 0 aliphatic carbocycles. The highest BCUT2D eigenvalue weighted by Gasteiger charge is 2.34. The van der Waals surface area contributed by atoms with Crippen LogP contribution in [-0.4, -0.2) is 28.1 Å². The molecule has 4 rings (SSSR count). The molecule has 0 saturated carbocycles. The maximum absolute atomic E-state index is 13.1. The van der Waals surface area contributed by atoms with E-state index in [1.54, 1.807) is 30.5 Å². The van der Waals surface area contributed by atoms with Gasteiger partial charge in [0.15, 0.2) is 0 Å². The van der Waals surface area contributed by atoms with E-state index in [1.165, 1.54) is 24.3 Å². The number of benzene rings is 2. The van der Waals surface area contributed by atoms with Crippen molar-refractivity contribution >= 4 is 0 Å². The molecule has 0 amide bonds. The Morgan fingerprint density at radius 3 is 2.11 bits per heavy atom. The second kappa shape index (κ2) is 7.78. The van der Waals surface area contributed by atoms with Crippen molar-refractivity contribution < 1.29 is 13.9 Å². The molecule has 28 heavy (non-hydrogen) atoms. The molecule has 3 nitrogen and oxygen atoms in total. The van der Waals surface area contributed by atoms with Crippen molar-refractivity contribution in [3.05, 3.63) is 89.8 Å². The van der Waals surface area contributed by atoms with Crippen molar-refractivity contribution in [2.45, 2.75) is 25.0 Å². The molecular formula is C23H22F2N2O. The second-order valence-electron chi connectivity index (χ2n) is 7.36. The maximum Gasteiger partial charge on any atom is 0.123 e. The quantitative estimate of drug-likeness (QED) is 0.723. The van der Waals surface area contributed by atoms with Crippen LogP contribution in [0, 0.1) is 11.6 Å². The smallest absolute Gasteiger partial charge is 0.123 e. The van der Waals surface area contributed by atoms with Gasteiger partial charge in [0.05, 0.1) is 11.3 Å². The van der Waals surface area contributed by atoms with Crippen molar-refractivity contribution in [1.82, 2.24) is 9.88 Å². The molecular weight excluding hydrogens is 358 g/mol. The Balaban J connectivity index is 1.42. The van der Waals surface area contributed by atoms with E-state index < -0.39 is 5.60 Å². The zero-order valence-electron chi connectivity index (χ0n) is 15.5. The van der Waals surface area contributed by atoms with Crippen LogP contribution in [-0.2, 0) is 12.1 Å². The van der Waals surface area contributed by atoms with Crippen molar-refractivity contribution in [2.75, 3.05) is 13.1 Å². The predicted octanol–water partition coefficient (Wildman–Crippen LogP) is 4.51. The molecule has 3 aromatic rings. The van der Waals surface area contributed by atoms with Crippen LogP contribution in [0.25, 0.3) is 11.1 Å². The fourth-order valence-corrected chi connectivity index (χ4v) is 3.75. The number of likely N-dealkylation sites (tertiary alicyclic amines) is 1. The number of hydrogen-bond acceptors (Lipinski definition) is 3. The van der Waals surface area contributed by atoms with Gasteiger partial charge in [-0.2, -0.15) is 0 Å². The highest BCUT2D eigenvalue weighted by Crippen LogP contribution is 2.33. The number of nitrogens with zero attached hydrogens (tertiary/aromatic N) is 2. The number of rotatable bonds is 4. The fourth-order valence-electron chi connectivity index (χ4n) is 3.75. The highest BCUT2D eigenvalue weighted by atomic mass is 19.1. The molecule has 1 saturated heterocycles. The van der Waals surface area contributed by atoms with E-state index in [1.807, 2.05) is 12.1 Å². The molecule has 5 heteroatoms. The molecule has 1 N–H and O–H groups in total. The summed E-state index contributed by atoms with van der Waals surface area (Å²) in [5.74, 6) is -0.545. The number of aromatic nitrogens is 1. The number of pyridine rings is 1. The van der Waals surface area contributed by atoms with Gasteiger partial charge in [-0.25, -0.2) is 8.78 Å². The average Bonchev–Trinajstić information content (AvgIpc) is 2.71. The molecule has 1 aliphatic rings. The van der Waals surface area contributed by atoms with E-state index in [-0.39, 0.29) is 11.6 Å². The Bertz CT molecular complexity index is 934. The number of halogens is 2. The van der Waals surface area contributed by atoms with Crippen LogP contribution in [0.2, 0.25) is 0 Å². The van der Waals surface area contributed by atoms with E-state index in [2.05, 4.69) is 9.88 Å².